The van der Waals surface area contributed by atoms with Gasteiger partial charge < -0.3 is 10.6 Å². The number of benzene rings is 1. The van der Waals surface area contributed by atoms with Crippen molar-refractivity contribution in [2.75, 3.05) is 13.1 Å². The summed E-state index contributed by atoms with van der Waals surface area (Å²) in [5.74, 6) is -0.222. The minimum atomic E-state index is -0.123. The zero-order chi connectivity index (χ0) is 17.5. The quantitative estimate of drug-likeness (QED) is 0.732. The van der Waals surface area contributed by atoms with Crippen LogP contribution < -0.4 is 16.2 Å². The van der Waals surface area contributed by atoms with Gasteiger partial charge in [-0.25, -0.2) is 4.98 Å². The lowest BCUT2D eigenvalue weighted by Crippen LogP contribution is -2.33. The van der Waals surface area contributed by atoms with Crippen LogP contribution >= 0.6 is 0 Å². The molecule has 0 radical (unpaired) electrons. The summed E-state index contributed by atoms with van der Waals surface area (Å²) < 4.78 is 1.53. The first kappa shape index (κ1) is 17.7. The van der Waals surface area contributed by atoms with Crippen molar-refractivity contribution in [3.63, 3.8) is 0 Å². The summed E-state index contributed by atoms with van der Waals surface area (Å²) in [4.78, 5) is 39.1. The molecule has 2 rings (SSSR count). The predicted molar refractivity (Wildman–Crippen MR) is 91.7 cm³/mol. The molecule has 0 fully saturated rings. The Kier molecular flexibility index (Phi) is 6.06. The Morgan fingerprint density at radius 3 is 2.71 bits per heavy atom. The van der Waals surface area contributed by atoms with Crippen molar-refractivity contribution in [1.29, 1.82) is 0 Å². The van der Waals surface area contributed by atoms with Crippen LogP contribution in [-0.4, -0.2) is 34.5 Å². The average molecular weight is 330 g/mol. The summed E-state index contributed by atoms with van der Waals surface area (Å²) >= 11 is 0. The van der Waals surface area contributed by atoms with Crippen LogP contribution in [0.1, 0.15) is 25.3 Å². The summed E-state index contributed by atoms with van der Waals surface area (Å²) in [6.07, 6.45) is 2.40. The molecule has 0 saturated carbocycles. The Labute approximate surface area is 140 Å². The highest BCUT2D eigenvalue weighted by molar-refractivity contribution is 5.80. The van der Waals surface area contributed by atoms with E-state index < -0.39 is 0 Å². The Bertz CT molecular complexity index is 798. The van der Waals surface area contributed by atoms with Crippen molar-refractivity contribution in [3.8, 4) is 0 Å². The summed E-state index contributed by atoms with van der Waals surface area (Å²) in [7, 11) is 0. The molecule has 0 unspecified atom stereocenters. The number of fused-ring (bicyclic) bond motifs is 1. The van der Waals surface area contributed by atoms with Gasteiger partial charge in [0.15, 0.2) is 0 Å². The summed E-state index contributed by atoms with van der Waals surface area (Å²) in [6.45, 7) is 4.60. The van der Waals surface area contributed by atoms with E-state index in [1.807, 2.05) is 19.1 Å². The van der Waals surface area contributed by atoms with E-state index in [4.69, 9.17) is 0 Å². The first-order chi connectivity index (χ1) is 11.5. The van der Waals surface area contributed by atoms with E-state index in [1.165, 1.54) is 17.8 Å². The zero-order valence-electron chi connectivity index (χ0n) is 14.0. The molecule has 1 heterocycles. The highest BCUT2D eigenvalue weighted by Gasteiger charge is 2.07. The van der Waals surface area contributed by atoms with Crippen LogP contribution in [0, 0.1) is 6.92 Å². The van der Waals surface area contributed by atoms with Gasteiger partial charge in [0.25, 0.3) is 5.56 Å². The first-order valence-corrected chi connectivity index (χ1v) is 7.95. The van der Waals surface area contributed by atoms with Gasteiger partial charge in [-0.05, 0) is 25.0 Å². The molecule has 2 N–H and O–H groups in total. The van der Waals surface area contributed by atoms with Gasteiger partial charge in [0.05, 0.1) is 17.2 Å². The van der Waals surface area contributed by atoms with Crippen molar-refractivity contribution in [2.24, 2.45) is 0 Å². The number of hydrogen-bond acceptors (Lipinski definition) is 4. The average Bonchev–Trinajstić information content (AvgIpc) is 2.54. The number of nitrogens with zero attached hydrogens (tertiary/aromatic N) is 2. The van der Waals surface area contributed by atoms with Crippen molar-refractivity contribution in [3.05, 3.63) is 40.4 Å². The van der Waals surface area contributed by atoms with Crippen molar-refractivity contribution >= 4 is 22.7 Å². The Morgan fingerprint density at radius 2 is 1.96 bits per heavy atom. The molecule has 0 aliphatic rings. The lowest BCUT2D eigenvalue weighted by Gasteiger charge is -2.08. The molecule has 7 heteroatoms. The fraction of sp³-hybridized carbons (Fsp3) is 0.412. The number of rotatable bonds is 7. The molecular formula is C17H22N4O3. The van der Waals surface area contributed by atoms with Crippen molar-refractivity contribution in [2.45, 2.75) is 33.2 Å². The number of para-hydroxylation sites is 1. The molecule has 0 atom stereocenters. The third-order valence-corrected chi connectivity index (χ3v) is 3.68. The number of carbonyl (C=O) groups is 2. The zero-order valence-corrected chi connectivity index (χ0v) is 14.0. The molecule has 1 aromatic heterocycles. The number of hydrogen-bond donors (Lipinski definition) is 2. The fourth-order valence-corrected chi connectivity index (χ4v) is 2.44. The molecule has 128 valence electrons. The molecule has 1 aromatic carbocycles. The number of aromatic nitrogens is 2. The molecule has 7 nitrogen and oxygen atoms in total. The lowest BCUT2D eigenvalue weighted by atomic mass is 10.1. The van der Waals surface area contributed by atoms with Crippen LogP contribution in [0.3, 0.4) is 0 Å². The van der Waals surface area contributed by atoms with Gasteiger partial charge in [0, 0.05) is 33.0 Å². The first-order valence-electron chi connectivity index (χ1n) is 7.95. The molecule has 0 aliphatic heterocycles. The molecule has 2 amide bonds. The van der Waals surface area contributed by atoms with Crippen LogP contribution in [0.2, 0.25) is 0 Å². The minimum Gasteiger partial charge on any atom is -0.355 e. The number of amides is 2. The standard InChI is InChI=1S/C17H22N4O3/c1-12-5-3-6-14-16(12)20-11-21(17(14)24)10-4-7-15(23)19-9-8-18-13(2)22/h3,5-6,11H,4,7-10H2,1-2H3,(H,18,22)(H,19,23). The molecule has 24 heavy (non-hydrogen) atoms. The van der Waals surface area contributed by atoms with E-state index in [-0.39, 0.29) is 17.4 Å². The normalized spacial score (nSPS) is 10.6. The van der Waals surface area contributed by atoms with E-state index in [0.717, 1.165) is 11.1 Å². The van der Waals surface area contributed by atoms with Crippen molar-refractivity contribution < 1.29 is 9.59 Å². The van der Waals surface area contributed by atoms with Crippen LogP contribution in [0.4, 0.5) is 0 Å². The van der Waals surface area contributed by atoms with Crippen LogP contribution in [-0.2, 0) is 16.1 Å². The second kappa shape index (κ2) is 8.24. The highest BCUT2D eigenvalue weighted by Crippen LogP contribution is 2.11. The SMILES string of the molecule is CC(=O)NCCNC(=O)CCCn1cnc2c(C)cccc2c1=O. The number of aryl methyl sites for hydroxylation is 2. The molecule has 0 aliphatic carbocycles. The maximum Gasteiger partial charge on any atom is 0.261 e. The maximum absolute atomic E-state index is 12.4. The summed E-state index contributed by atoms with van der Waals surface area (Å²) in [5, 5.41) is 5.92. The largest absolute Gasteiger partial charge is 0.355 e. The molecular weight excluding hydrogens is 308 g/mol. The Hall–Kier alpha value is -2.70. The third-order valence-electron chi connectivity index (χ3n) is 3.68. The second-order valence-corrected chi connectivity index (χ2v) is 5.65. The van der Waals surface area contributed by atoms with Gasteiger partial charge in [0.2, 0.25) is 11.8 Å². The molecule has 2 aromatic rings. The van der Waals surface area contributed by atoms with Gasteiger partial charge >= 0.3 is 0 Å². The molecule has 0 bridgehead atoms. The molecule has 0 saturated heterocycles. The topological polar surface area (TPSA) is 93.1 Å². The smallest absolute Gasteiger partial charge is 0.261 e. The van der Waals surface area contributed by atoms with Crippen LogP contribution in [0.25, 0.3) is 10.9 Å². The Balaban J connectivity index is 1.85. The minimum absolute atomic E-state index is 0.0882. The monoisotopic (exact) mass is 330 g/mol. The lowest BCUT2D eigenvalue weighted by molar-refractivity contribution is -0.122. The third kappa shape index (κ3) is 4.65. The van der Waals surface area contributed by atoms with Gasteiger partial charge in [-0.15, -0.1) is 0 Å². The number of carbonyl (C=O) groups excluding carboxylic acids is 2. The van der Waals surface area contributed by atoms with E-state index in [1.54, 1.807) is 6.07 Å². The summed E-state index contributed by atoms with van der Waals surface area (Å²) in [5.41, 5.74) is 1.60. The Morgan fingerprint density at radius 1 is 1.21 bits per heavy atom. The van der Waals surface area contributed by atoms with Gasteiger partial charge in [-0.1, -0.05) is 12.1 Å². The van der Waals surface area contributed by atoms with E-state index in [2.05, 4.69) is 15.6 Å². The van der Waals surface area contributed by atoms with Gasteiger partial charge in [0.1, 0.15) is 0 Å². The van der Waals surface area contributed by atoms with E-state index in [9.17, 15) is 14.4 Å². The summed E-state index contributed by atoms with van der Waals surface area (Å²) in [6, 6.07) is 5.53. The fourth-order valence-electron chi connectivity index (χ4n) is 2.44. The molecule has 0 spiro atoms. The second-order valence-electron chi connectivity index (χ2n) is 5.65. The van der Waals surface area contributed by atoms with Gasteiger partial charge in [-0.2, -0.15) is 0 Å². The van der Waals surface area contributed by atoms with Crippen LogP contribution in [0.15, 0.2) is 29.3 Å². The number of nitrogens with one attached hydrogen (secondary N) is 2. The van der Waals surface area contributed by atoms with E-state index in [0.29, 0.717) is 37.9 Å². The predicted octanol–water partition coefficient (Wildman–Crippen LogP) is 0.737. The maximum atomic E-state index is 12.4. The van der Waals surface area contributed by atoms with Gasteiger partial charge in [-0.3, -0.25) is 19.0 Å². The van der Waals surface area contributed by atoms with Crippen LogP contribution in [0.5, 0.6) is 0 Å². The van der Waals surface area contributed by atoms with Crippen molar-refractivity contribution in [1.82, 2.24) is 20.2 Å². The highest BCUT2D eigenvalue weighted by atomic mass is 16.2. The van der Waals surface area contributed by atoms with E-state index >= 15 is 0 Å².